The van der Waals surface area contributed by atoms with Gasteiger partial charge >= 0.3 is 0 Å². The van der Waals surface area contributed by atoms with Gasteiger partial charge in [0.15, 0.2) is 0 Å². The molecule has 1 rings (SSSR count). The molecule has 1 aliphatic rings. The molecule has 0 spiro atoms. The van der Waals surface area contributed by atoms with Crippen molar-refractivity contribution in [3.8, 4) is 0 Å². The van der Waals surface area contributed by atoms with Crippen LogP contribution in [0.3, 0.4) is 0 Å². The summed E-state index contributed by atoms with van der Waals surface area (Å²) in [7, 11) is -2.02. The van der Waals surface area contributed by atoms with E-state index in [1.165, 1.54) is 5.57 Å². The predicted octanol–water partition coefficient (Wildman–Crippen LogP) is 2.00. The van der Waals surface area contributed by atoms with Crippen molar-refractivity contribution in [3.05, 3.63) is 11.6 Å². The Labute approximate surface area is 88.9 Å². The van der Waals surface area contributed by atoms with E-state index >= 15 is 0 Å². The lowest BCUT2D eigenvalue weighted by atomic mass is 10.1. The van der Waals surface area contributed by atoms with Crippen LogP contribution in [0.5, 0.6) is 0 Å². The number of nitrogens with zero attached hydrogens (tertiary/aromatic N) is 1. The standard InChI is InChI=1S/C11H23NOS/c1-4-5-10-14(3,13)12-8-6-11(2)7-9-12/h6,14H,4-5,7-10H2,1-3H3. The van der Waals surface area contributed by atoms with Gasteiger partial charge in [-0.1, -0.05) is 35.1 Å². The maximum absolute atomic E-state index is 12.3. The van der Waals surface area contributed by atoms with E-state index in [9.17, 15) is 4.21 Å². The van der Waals surface area contributed by atoms with Crippen molar-refractivity contribution in [1.82, 2.24) is 4.31 Å². The van der Waals surface area contributed by atoms with E-state index in [1.807, 2.05) is 6.26 Å². The van der Waals surface area contributed by atoms with Gasteiger partial charge in [-0.05, 0) is 19.8 Å². The van der Waals surface area contributed by atoms with Crippen LogP contribution in [0.1, 0.15) is 33.1 Å². The summed E-state index contributed by atoms with van der Waals surface area (Å²) in [4.78, 5) is 0. The van der Waals surface area contributed by atoms with Crippen molar-refractivity contribution in [2.45, 2.75) is 33.1 Å². The summed E-state index contributed by atoms with van der Waals surface area (Å²) < 4.78 is 14.5. The lowest BCUT2D eigenvalue weighted by Crippen LogP contribution is -2.40. The number of hydrogen-bond donors (Lipinski definition) is 1. The first kappa shape index (κ1) is 11.9. The number of rotatable bonds is 4. The fourth-order valence-electron chi connectivity index (χ4n) is 1.74. The fourth-order valence-corrected chi connectivity index (χ4v) is 3.87. The zero-order valence-electron chi connectivity index (χ0n) is 9.62. The summed E-state index contributed by atoms with van der Waals surface area (Å²) in [6.45, 7) is 6.19. The highest BCUT2D eigenvalue weighted by atomic mass is 32.3. The Balaban J connectivity index is 2.52. The Kier molecular flexibility index (Phi) is 4.32. The van der Waals surface area contributed by atoms with Crippen LogP contribution in [0.15, 0.2) is 11.6 Å². The van der Waals surface area contributed by atoms with Gasteiger partial charge in [0.2, 0.25) is 0 Å². The summed E-state index contributed by atoms with van der Waals surface area (Å²) in [6.07, 6.45) is 7.47. The van der Waals surface area contributed by atoms with Gasteiger partial charge in [-0.3, -0.25) is 4.21 Å². The second-order valence-electron chi connectivity index (χ2n) is 4.34. The molecule has 0 unspecified atom stereocenters. The maximum atomic E-state index is 12.3. The van der Waals surface area contributed by atoms with E-state index < -0.39 is 10.1 Å². The van der Waals surface area contributed by atoms with E-state index in [-0.39, 0.29) is 0 Å². The van der Waals surface area contributed by atoms with E-state index in [1.54, 1.807) is 0 Å². The molecule has 0 aromatic carbocycles. The molecular formula is C11H23NOS. The molecule has 0 saturated carbocycles. The van der Waals surface area contributed by atoms with Gasteiger partial charge < -0.3 is 0 Å². The third-order valence-electron chi connectivity index (χ3n) is 2.94. The molecule has 0 fully saturated rings. The van der Waals surface area contributed by atoms with Crippen LogP contribution in [0.4, 0.5) is 0 Å². The molecule has 1 aliphatic heterocycles. The lowest BCUT2D eigenvalue weighted by molar-refractivity contribution is 0.459. The summed E-state index contributed by atoms with van der Waals surface area (Å²) in [6, 6.07) is 0. The first-order valence-corrected chi connectivity index (χ1v) is 7.83. The molecule has 3 heteroatoms. The topological polar surface area (TPSA) is 20.3 Å². The van der Waals surface area contributed by atoms with Crippen LogP contribution in [-0.2, 0) is 10.1 Å². The molecule has 0 aromatic heterocycles. The van der Waals surface area contributed by atoms with Crippen molar-refractivity contribution in [2.24, 2.45) is 0 Å². The lowest BCUT2D eigenvalue weighted by Gasteiger charge is -2.35. The summed E-state index contributed by atoms with van der Waals surface area (Å²) in [5.41, 5.74) is 1.44. The van der Waals surface area contributed by atoms with Crippen molar-refractivity contribution in [2.75, 3.05) is 25.1 Å². The molecule has 0 atom stereocenters. The summed E-state index contributed by atoms with van der Waals surface area (Å²) in [5, 5.41) is 0. The van der Waals surface area contributed by atoms with Gasteiger partial charge in [-0.2, -0.15) is 0 Å². The summed E-state index contributed by atoms with van der Waals surface area (Å²) in [5.74, 6) is 0.885. The molecular weight excluding hydrogens is 194 g/mol. The zero-order chi connectivity index (χ0) is 10.6. The summed E-state index contributed by atoms with van der Waals surface area (Å²) >= 11 is 0. The molecule has 1 heterocycles. The van der Waals surface area contributed by atoms with Gasteiger partial charge in [0.1, 0.15) is 0 Å². The average molecular weight is 217 g/mol. The minimum absolute atomic E-state index is 0.885. The van der Waals surface area contributed by atoms with Gasteiger partial charge in [0.25, 0.3) is 0 Å². The number of hydrogen-bond acceptors (Lipinski definition) is 1. The fraction of sp³-hybridized carbons (Fsp3) is 0.818. The van der Waals surface area contributed by atoms with Gasteiger partial charge in [-0.25, -0.2) is 4.31 Å². The Morgan fingerprint density at radius 1 is 1.57 bits per heavy atom. The molecule has 84 valence electrons. The van der Waals surface area contributed by atoms with Crippen molar-refractivity contribution >= 4 is 10.1 Å². The van der Waals surface area contributed by atoms with Crippen LogP contribution in [0.25, 0.3) is 0 Å². The number of thiol groups is 1. The molecule has 0 aliphatic carbocycles. The molecule has 0 saturated heterocycles. The number of unbranched alkanes of at least 4 members (excludes halogenated alkanes) is 1. The molecule has 14 heavy (non-hydrogen) atoms. The van der Waals surface area contributed by atoms with Crippen LogP contribution < -0.4 is 0 Å². The smallest absolute Gasteiger partial charge is 0.0277 e. The van der Waals surface area contributed by atoms with Gasteiger partial charge in [0.05, 0.1) is 0 Å². The highest BCUT2D eigenvalue weighted by Crippen LogP contribution is 2.18. The Morgan fingerprint density at radius 2 is 2.29 bits per heavy atom. The average Bonchev–Trinajstić information content (AvgIpc) is 2.16. The third-order valence-corrected chi connectivity index (χ3v) is 5.65. The first-order valence-electron chi connectivity index (χ1n) is 5.54. The quantitative estimate of drug-likeness (QED) is 0.564. The van der Waals surface area contributed by atoms with Crippen LogP contribution in [0.2, 0.25) is 0 Å². The molecule has 0 amide bonds. The third kappa shape index (κ3) is 3.21. The van der Waals surface area contributed by atoms with E-state index in [0.717, 1.165) is 38.1 Å². The minimum atomic E-state index is -2.02. The highest BCUT2D eigenvalue weighted by molar-refractivity contribution is 8.00. The molecule has 2 nitrogen and oxygen atoms in total. The van der Waals surface area contributed by atoms with Crippen LogP contribution in [-0.4, -0.2) is 33.6 Å². The molecule has 0 N–H and O–H groups in total. The van der Waals surface area contributed by atoms with E-state index in [2.05, 4.69) is 24.2 Å². The van der Waals surface area contributed by atoms with Crippen molar-refractivity contribution < 1.29 is 4.21 Å². The predicted molar refractivity (Wildman–Crippen MR) is 65.2 cm³/mol. The Morgan fingerprint density at radius 3 is 2.79 bits per heavy atom. The highest BCUT2D eigenvalue weighted by Gasteiger charge is 2.19. The van der Waals surface area contributed by atoms with E-state index in [0.29, 0.717) is 0 Å². The van der Waals surface area contributed by atoms with Crippen molar-refractivity contribution in [3.63, 3.8) is 0 Å². The van der Waals surface area contributed by atoms with Crippen molar-refractivity contribution in [1.29, 1.82) is 0 Å². The molecule has 0 aromatic rings. The SMILES string of the molecule is CCCC[SH](C)(=O)N1CC=C(C)CC1. The minimum Gasteiger partial charge on any atom is -0.271 e. The second-order valence-corrected chi connectivity index (χ2v) is 7.46. The Bertz CT molecular complexity index is 260. The first-order chi connectivity index (χ1) is 6.56. The molecule has 0 radical (unpaired) electrons. The zero-order valence-corrected chi connectivity index (χ0v) is 10.5. The molecule has 0 bridgehead atoms. The second kappa shape index (κ2) is 5.08. The van der Waals surface area contributed by atoms with E-state index in [4.69, 9.17) is 0 Å². The largest absolute Gasteiger partial charge is 0.271 e. The normalized spacial score (nSPS) is 20.6. The maximum Gasteiger partial charge on any atom is 0.0277 e. The van der Waals surface area contributed by atoms with Crippen LogP contribution in [0, 0.1) is 0 Å². The van der Waals surface area contributed by atoms with Crippen LogP contribution >= 0.6 is 0 Å². The Hall–Kier alpha value is -0.150. The van der Waals surface area contributed by atoms with Gasteiger partial charge in [0, 0.05) is 25.1 Å². The monoisotopic (exact) mass is 217 g/mol. The van der Waals surface area contributed by atoms with Gasteiger partial charge in [-0.15, -0.1) is 0 Å².